The molecular formula is C15H19N5O. The second kappa shape index (κ2) is 5.47. The Hall–Kier alpha value is -2.50. The number of aromatic nitrogens is 4. The average Bonchev–Trinajstić information content (AvgIpc) is 3.02. The largest absolute Gasteiger partial charge is 0.491 e. The normalized spacial score (nSPS) is 11.1. The minimum Gasteiger partial charge on any atom is -0.491 e. The van der Waals surface area contributed by atoms with Gasteiger partial charge in [0.15, 0.2) is 0 Å². The van der Waals surface area contributed by atoms with Crippen LogP contribution in [0.1, 0.15) is 19.0 Å². The number of para-hydroxylation sites is 1. The lowest BCUT2D eigenvalue weighted by molar-refractivity contribution is 0.320. The lowest BCUT2D eigenvalue weighted by Crippen LogP contribution is -2.08. The van der Waals surface area contributed by atoms with Crippen molar-refractivity contribution < 1.29 is 4.74 Å². The number of fused-ring (bicyclic) bond motifs is 1. The predicted molar refractivity (Wildman–Crippen MR) is 82.2 cm³/mol. The van der Waals surface area contributed by atoms with Crippen LogP contribution in [-0.2, 0) is 13.6 Å². The maximum absolute atomic E-state index is 6.08. The van der Waals surface area contributed by atoms with E-state index < -0.39 is 0 Å². The minimum atomic E-state index is 0.485. The second-order valence-electron chi connectivity index (χ2n) is 4.97. The van der Waals surface area contributed by atoms with Crippen molar-refractivity contribution in [2.24, 2.45) is 7.05 Å². The van der Waals surface area contributed by atoms with Gasteiger partial charge in [-0.25, -0.2) is 4.98 Å². The Morgan fingerprint density at radius 3 is 2.86 bits per heavy atom. The van der Waals surface area contributed by atoms with Gasteiger partial charge in [-0.2, -0.15) is 5.10 Å². The van der Waals surface area contributed by atoms with Gasteiger partial charge >= 0.3 is 0 Å². The van der Waals surface area contributed by atoms with E-state index in [2.05, 4.69) is 17.0 Å². The summed E-state index contributed by atoms with van der Waals surface area (Å²) in [7, 11) is 1.92. The molecular weight excluding hydrogens is 266 g/mol. The molecule has 0 saturated carbocycles. The first-order chi connectivity index (χ1) is 10.2. The van der Waals surface area contributed by atoms with Gasteiger partial charge in [-0.05, 0) is 24.6 Å². The minimum absolute atomic E-state index is 0.485. The summed E-state index contributed by atoms with van der Waals surface area (Å²) < 4.78 is 9.56. The van der Waals surface area contributed by atoms with Crippen LogP contribution in [0, 0.1) is 0 Å². The van der Waals surface area contributed by atoms with Crippen molar-refractivity contribution in [1.29, 1.82) is 0 Å². The van der Waals surface area contributed by atoms with E-state index in [1.165, 1.54) is 0 Å². The molecule has 0 amide bonds. The summed E-state index contributed by atoms with van der Waals surface area (Å²) in [6.07, 6.45) is 2.74. The topological polar surface area (TPSA) is 70.9 Å². The van der Waals surface area contributed by atoms with Gasteiger partial charge in [-0.3, -0.25) is 4.68 Å². The molecule has 0 bridgehead atoms. The summed E-state index contributed by atoms with van der Waals surface area (Å²) in [5, 5.41) is 4.18. The summed E-state index contributed by atoms with van der Waals surface area (Å²) in [5.74, 6) is 1.27. The number of nitrogen functional groups attached to an aromatic ring is 1. The van der Waals surface area contributed by atoms with Gasteiger partial charge in [0.1, 0.15) is 11.3 Å². The summed E-state index contributed by atoms with van der Waals surface area (Å²) in [4.78, 5) is 4.46. The summed E-state index contributed by atoms with van der Waals surface area (Å²) in [6.45, 7) is 3.39. The van der Waals surface area contributed by atoms with Crippen LogP contribution in [0.2, 0.25) is 0 Å². The fourth-order valence-corrected chi connectivity index (χ4v) is 2.35. The Balaban J connectivity index is 2.03. The molecule has 2 heterocycles. The van der Waals surface area contributed by atoms with Crippen molar-refractivity contribution in [1.82, 2.24) is 19.3 Å². The zero-order valence-corrected chi connectivity index (χ0v) is 12.3. The highest BCUT2D eigenvalue weighted by Gasteiger charge is 2.13. The Morgan fingerprint density at radius 2 is 2.14 bits per heavy atom. The van der Waals surface area contributed by atoms with E-state index >= 15 is 0 Å². The molecule has 2 aromatic heterocycles. The van der Waals surface area contributed by atoms with E-state index in [4.69, 9.17) is 10.5 Å². The SMILES string of the molecule is CCCOc1cccc2c1nc(N)n2Cc1ccnn1C. The van der Waals surface area contributed by atoms with E-state index in [-0.39, 0.29) is 0 Å². The average molecular weight is 285 g/mol. The van der Waals surface area contributed by atoms with Crippen molar-refractivity contribution in [3.05, 3.63) is 36.2 Å². The number of ether oxygens (including phenoxy) is 1. The zero-order chi connectivity index (χ0) is 14.8. The third kappa shape index (κ3) is 2.44. The van der Waals surface area contributed by atoms with Crippen LogP contribution < -0.4 is 10.5 Å². The molecule has 0 atom stereocenters. The Morgan fingerprint density at radius 1 is 1.29 bits per heavy atom. The number of nitrogens with two attached hydrogens (primary N) is 1. The van der Waals surface area contributed by atoms with Gasteiger partial charge in [0.25, 0.3) is 0 Å². The van der Waals surface area contributed by atoms with E-state index in [9.17, 15) is 0 Å². The van der Waals surface area contributed by atoms with Crippen molar-refractivity contribution in [2.75, 3.05) is 12.3 Å². The molecule has 2 N–H and O–H groups in total. The van der Waals surface area contributed by atoms with Crippen LogP contribution in [0.4, 0.5) is 5.95 Å². The predicted octanol–water partition coefficient (Wildman–Crippen LogP) is 2.19. The van der Waals surface area contributed by atoms with Crippen LogP contribution in [0.25, 0.3) is 11.0 Å². The summed E-state index contributed by atoms with van der Waals surface area (Å²) in [6, 6.07) is 7.88. The molecule has 0 aliphatic carbocycles. The molecule has 110 valence electrons. The number of imidazole rings is 1. The first kappa shape index (κ1) is 13.5. The van der Waals surface area contributed by atoms with E-state index in [0.717, 1.165) is 28.9 Å². The molecule has 6 heteroatoms. The molecule has 0 aliphatic rings. The molecule has 0 unspecified atom stereocenters. The highest BCUT2D eigenvalue weighted by molar-refractivity contribution is 5.84. The van der Waals surface area contributed by atoms with Crippen LogP contribution in [0.3, 0.4) is 0 Å². The number of rotatable bonds is 5. The monoisotopic (exact) mass is 285 g/mol. The second-order valence-corrected chi connectivity index (χ2v) is 4.97. The fourth-order valence-electron chi connectivity index (χ4n) is 2.35. The first-order valence-electron chi connectivity index (χ1n) is 7.05. The number of hydrogen-bond donors (Lipinski definition) is 1. The highest BCUT2D eigenvalue weighted by atomic mass is 16.5. The number of hydrogen-bond acceptors (Lipinski definition) is 4. The highest BCUT2D eigenvalue weighted by Crippen LogP contribution is 2.27. The van der Waals surface area contributed by atoms with Gasteiger partial charge in [-0.15, -0.1) is 0 Å². The van der Waals surface area contributed by atoms with E-state index in [1.807, 2.05) is 40.6 Å². The molecule has 0 radical (unpaired) electrons. The van der Waals surface area contributed by atoms with Crippen LogP contribution in [0.5, 0.6) is 5.75 Å². The lowest BCUT2D eigenvalue weighted by Gasteiger charge is -2.08. The van der Waals surface area contributed by atoms with Gasteiger partial charge < -0.3 is 15.0 Å². The smallest absolute Gasteiger partial charge is 0.201 e. The molecule has 0 fully saturated rings. The van der Waals surface area contributed by atoms with Gasteiger partial charge in [0.05, 0.1) is 24.4 Å². The van der Waals surface area contributed by atoms with E-state index in [1.54, 1.807) is 6.20 Å². The van der Waals surface area contributed by atoms with E-state index in [0.29, 0.717) is 19.1 Å². The number of nitrogens with zero attached hydrogens (tertiary/aromatic N) is 4. The summed E-state index contributed by atoms with van der Waals surface area (Å²) in [5.41, 5.74) is 8.94. The maximum atomic E-state index is 6.08. The number of anilines is 1. The molecule has 21 heavy (non-hydrogen) atoms. The molecule has 3 rings (SSSR count). The third-order valence-electron chi connectivity index (χ3n) is 3.48. The Bertz CT molecular complexity index is 759. The van der Waals surface area contributed by atoms with Crippen LogP contribution >= 0.6 is 0 Å². The Kier molecular flexibility index (Phi) is 3.51. The lowest BCUT2D eigenvalue weighted by atomic mass is 10.3. The molecule has 6 nitrogen and oxygen atoms in total. The number of benzene rings is 1. The zero-order valence-electron chi connectivity index (χ0n) is 12.3. The van der Waals surface area contributed by atoms with Crippen molar-refractivity contribution in [2.45, 2.75) is 19.9 Å². The van der Waals surface area contributed by atoms with Crippen molar-refractivity contribution in [3.8, 4) is 5.75 Å². The van der Waals surface area contributed by atoms with Gasteiger partial charge in [-0.1, -0.05) is 13.0 Å². The van der Waals surface area contributed by atoms with Crippen LogP contribution in [-0.4, -0.2) is 25.9 Å². The molecule has 0 spiro atoms. The molecule has 0 aliphatic heterocycles. The summed E-state index contributed by atoms with van der Waals surface area (Å²) >= 11 is 0. The maximum Gasteiger partial charge on any atom is 0.201 e. The number of aryl methyl sites for hydroxylation is 1. The molecule has 3 aromatic rings. The third-order valence-corrected chi connectivity index (χ3v) is 3.48. The van der Waals surface area contributed by atoms with Crippen molar-refractivity contribution in [3.63, 3.8) is 0 Å². The fraction of sp³-hybridized carbons (Fsp3) is 0.333. The van der Waals surface area contributed by atoms with Gasteiger partial charge in [0.2, 0.25) is 5.95 Å². The Labute approximate surface area is 123 Å². The van der Waals surface area contributed by atoms with Crippen LogP contribution in [0.15, 0.2) is 30.5 Å². The van der Waals surface area contributed by atoms with Gasteiger partial charge in [0, 0.05) is 13.2 Å². The quantitative estimate of drug-likeness (QED) is 0.780. The van der Waals surface area contributed by atoms with Crippen molar-refractivity contribution >= 4 is 17.0 Å². The standard InChI is InChI=1S/C15H19N5O/c1-3-9-21-13-6-4-5-12-14(13)18-15(16)20(12)10-11-7-8-17-19(11)2/h4-8H,3,9-10H2,1-2H3,(H2,16,18). The molecule has 1 aromatic carbocycles. The first-order valence-corrected chi connectivity index (χ1v) is 7.05. The molecule has 0 saturated heterocycles.